The van der Waals surface area contributed by atoms with Crippen LogP contribution in [-0.2, 0) is 11.3 Å². The molecule has 0 fully saturated rings. The summed E-state index contributed by atoms with van der Waals surface area (Å²) in [6.07, 6.45) is 0. The van der Waals surface area contributed by atoms with Crippen molar-refractivity contribution in [3.8, 4) is 5.75 Å². The van der Waals surface area contributed by atoms with Gasteiger partial charge in [-0.25, -0.2) is 4.79 Å². The maximum atomic E-state index is 13.5. The van der Waals surface area contributed by atoms with Crippen LogP contribution in [0, 0.1) is 0 Å². The molecule has 3 rings (SSSR count). The smallest absolute Gasteiger partial charge is 0.318 e. The van der Waals surface area contributed by atoms with Crippen LogP contribution in [0.15, 0.2) is 42.5 Å². The van der Waals surface area contributed by atoms with E-state index < -0.39 is 0 Å². The van der Waals surface area contributed by atoms with Crippen LogP contribution in [0.4, 0.5) is 10.5 Å². The van der Waals surface area contributed by atoms with Crippen LogP contribution in [0.3, 0.4) is 0 Å². The van der Waals surface area contributed by atoms with Crippen LogP contribution in [0.25, 0.3) is 0 Å². The normalized spacial score (nSPS) is 15.4. The number of hydrogen-bond acceptors (Lipinski definition) is 4. The number of carbonyl (C=O) groups excluding carboxylic acids is 3. The van der Waals surface area contributed by atoms with E-state index in [-0.39, 0.29) is 37.0 Å². The Morgan fingerprint density at radius 2 is 1.94 bits per heavy atom. The Hall–Kier alpha value is -3.26. The van der Waals surface area contributed by atoms with Crippen LogP contribution in [0.5, 0.6) is 5.75 Å². The molecule has 0 aliphatic carbocycles. The minimum absolute atomic E-state index is 0.120. The first-order valence-corrected chi connectivity index (χ1v) is 10.8. The van der Waals surface area contributed by atoms with Gasteiger partial charge in [-0.05, 0) is 43.7 Å². The van der Waals surface area contributed by atoms with E-state index in [2.05, 4.69) is 10.6 Å². The summed E-state index contributed by atoms with van der Waals surface area (Å²) in [5, 5.41) is 5.41. The third kappa shape index (κ3) is 5.13. The van der Waals surface area contributed by atoms with Crippen LogP contribution in [-0.4, -0.2) is 55.5 Å². The van der Waals surface area contributed by atoms with E-state index in [1.807, 2.05) is 38.1 Å². The number of halogens is 1. The molecular weight excluding hydrogens is 432 g/mol. The highest BCUT2D eigenvalue weighted by atomic mass is 35.5. The van der Waals surface area contributed by atoms with Crippen molar-refractivity contribution in [2.45, 2.75) is 26.4 Å². The maximum absolute atomic E-state index is 13.5. The minimum Gasteiger partial charge on any atom is -0.494 e. The lowest BCUT2D eigenvalue weighted by Crippen LogP contribution is -2.49. The number of likely N-dealkylation sites (N-methyl/N-ethyl adjacent to an activating group) is 1. The second-order valence-corrected chi connectivity index (χ2v) is 7.84. The Bertz CT molecular complexity index is 1010. The summed E-state index contributed by atoms with van der Waals surface area (Å²) < 4.78 is 5.46. The zero-order chi connectivity index (χ0) is 23.3. The summed E-state index contributed by atoms with van der Waals surface area (Å²) in [6, 6.07) is 11.8. The third-order valence-corrected chi connectivity index (χ3v) is 5.58. The van der Waals surface area contributed by atoms with Crippen LogP contribution < -0.4 is 20.3 Å². The fraction of sp³-hybridized carbons (Fsp3) is 0.348. The van der Waals surface area contributed by atoms with E-state index in [1.165, 1.54) is 7.05 Å². The summed E-state index contributed by atoms with van der Waals surface area (Å²) in [7, 11) is 1.51. The fourth-order valence-corrected chi connectivity index (χ4v) is 3.84. The van der Waals surface area contributed by atoms with E-state index >= 15 is 0 Å². The first-order valence-electron chi connectivity index (χ1n) is 10.4. The molecule has 9 heteroatoms. The summed E-state index contributed by atoms with van der Waals surface area (Å²) in [5.41, 5.74) is 1.90. The Labute approximate surface area is 192 Å². The number of ether oxygens (including phenoxy) is 1. The van der Waals surface area contributed by atoms with E-state index in [0.29, 0.717) is 29.5 Å². The van der Waals surface area contributed by atoms with E-state index in [9.17, 15) is 14.4 Å². The van der Waals surface area contributed by atoms with Gasteiger partial charge in [-0.15, -0.1) is 0 Å². The van der Waals surface area contributed by atoms with Gasteiger partial charge in [-0.2, -0.15) is 0 Å². The molecule has 0 unspecified atom stereocenters. The Morgan fingerprint density at radius 1 is 1.19 bits per heavy atom. The molecule has 0 saturated heterocycles. The largest absolute Gasteiger partial charge is 0.494 e. The Balaban J connectivity index is 1.89. The number of carbonyl (C=O) groups is 3. The lowest BCUT2D eigenvalue weighted by Gasteiger charge is -2.29. The molecule has 1 atom stereocenters. The van der Waals surface area contributed by atoms with Gasteiger partial charge in [0, 0.05) is 31.9 Å². The molecule has 8 nitrogen and oxygen atoms in total. The predicted molar refractivity (Wildman–Crippen MR) is 123 cm³/mol. The minimum atomic E-state index is -0.371. The van der Waals surface area contributed by atoms with E-state index in [4.69, 9.17) is 16.3 Å². The van der Waals surface area contributed by atoms with Gasteiger partial charge in [0.25, 0.3) is 5.91 Å². The zero-order valence-electron chi connectivity index (χ0n) is 18.4. The highest BCUT2D eigenvalue weighted by Crippen LogP contribution is 2.31. The molecule has 2 aromatic rings. The summed E-state index contributed by atoms with van der Waals surface area (Å²) in [6.45, 7) is 4.69. The first kappa shape index (κ1) is 23.4. The molecule has 0 bridgehead atoms. The fourth-order valence-electron chi connectivity index (χ4n) is 3.59. The van der Waals surface area contributed by atoms with Gasteiger partial charge in [-0.1, -0.05) is 29.8 Å². The van der Waals surface area contributed by atoms with Crippen molar-refractivity contribution in [2.24, 2.45) is 0 Å². The highest BCUT2D eigenvalue weighted by Gasteiger charge is 2.32. The molecule has 1 aliphatic rings. The molecule has 2 N–H and O–H groups in total. The molecular formula is C23H27ClN4O4. The number of urea groups is 1. The average Bonchev–Trinajstić information content (AvgIpc) is 2.94. The maximum Gasteiger partial charge on any atom is 0.318 e. The number of para-hydroxylation sites is 1. The van der Waals surface area contributed by atoms with E-state index in [1.54, 1.807) is 28.0 Å². The summed E-state index contributed by atoms with van der Waals surface area (Å²) in [5.74, 6) is 0.0470. The quantitative estimate of drug-likeness (QED) is 0.720. The van der Waals surface area contributed by atoms with Gasteiger partial charge in [0.05, 0.1) is 23.7 Å². The summed E-state index contributed by atoms with van der Waals surface area (Å²) >= 11 is 6.41. The molecule has 4 amide bonds. The number of nitrogens with one attached hydrogen (secondary N) is 2. The van der Waals surface area contributed by atoms with Crippen LogP contribution in [0.2, 0.25) is 5.02 Å². The van der Waals surface area contributed by atoms with Crippen molar-refractivity contribution in [3.63, 3.8) is 0 Å². The number of nitrogens with zero attached hydrogens (tertiary/aromatic N) is 2. The molecule has 1 aliphatic heterocycles. The van der Waals surface area contributed by atoms with Crippen molar-refractivity contribution < 1.29 is 19.1 Å². The van der Waals surface area contributed by atoms with Gasteiger partial charge < -0.3 is 25.2 Å². The molecule has 2 aromatic carbocycles. The number of rotatable bonds is 5. The van der Waals surface area contributed by atoms with Crippen LogP contribution in [0.1, 0.15) is 29.8 Å². The van der Waals surface area contributed by atoms with Crippen molar-refractivity contribution in [3.05, 3.63) is 58.6 Å². The van der Waals surface area contributed by atoms with E-state index in [0.717, 1.165) is 11.3 Å². The molecule has 170 valence electrons. The SMILES string of the molecule is CCOc1ccc(C(=O)N2C[C@@H](C)N(C(=O)NCC(=O)NC)Cc3ccccc32)c(Cl)c1. The summed E-state index contributed by atoms with van der Waals surface area (Å²) in [4.78, 5) is 41.1. The van der Waals surface area contributed by atoms with Crippen molar-refractivity contribution >= 4 is 35.1 Å². The molecule has 0 saturated carbocycles. The van der Waals surface area contributed by atoms with Gasteiger partial charge in [0.1, 0.15) is 5.75 Å². The Morgan fingerprint density at radius 3 is 2.62 bits per heavy atom. The van der Waals surface area contributed by atoms with Gasteiger partial charge in [0.15, 0.2) is 0 Å². The molecule has 0 aromatic heterocycles. The monoisotopic (exact) mass is 458 g/mol. The average molecular weight is 459 g/mol. The predicted octanol–water partition coefficient (Wildman–Crippen LogP) is 3.05. The molecule has 32 heavy (non-hydrogen) atoms. The second kappa shape index (κ2) is 10.4. The van der Waals surface area contributed by atoms with Crippen LogP contribution >= 0.6 is 11.6 Å². The second-order valence-electron chi connectivity index (χ2n) is 7.43. The number of fused-ring (bicyclic) bond motifs is 1. The van der Waals surface area contributed by atoms with Crippen molar-refractivity contribution in [1.29, 1.82) is 0 Å². The molecule has 1 heterocycles. The van der Waals surface area contributed by atoms with Crippen molar-refractivity contribution in [2.75, 3.05) is 31.6 Å². The number of anilines is 1. The first-order chi connectivity index (χ1) is 15.3. The van der Waals surface area contributed by atoms with Gasteiger partial charge in [0.2, 0.25) is 5.91 Å². The van der Waals surface area contributed by atoms with Crippen molar-refractivity contribution in [1.82, 2.24) is 15.5 Å². The highest BCUT2D eigenvalue weighted by molar-refractivity contribution is 6.34. The van der Waals surface area contributed by atoms with Gasteiger partial charge >= 0.3 is 6.03 Å². The Kier molecular flexibility index (Phi) is 7.58. The molecule has 0 radical (unpaired) electrons. The number of hydrogen-bond donors (Lipinski definition) is 2. The third-order valence-electron chi connectivity index (χ3n) is 5.27. The lowest BCUT2D eigenvalue weighted by atomic mass is 10.1. The topological polar surface area (TPSA) is 91.0 Å². The van der Waals surface area contributed by atoms with Gasteiger partial charge in [-0.3, -0.25) is 9.59 Å². The lowest BCUT2D eigenvalue weighted by molar-refractivity contribution is -0.119. The zero-order valence-corrected chi connectivity index (χ0v) is 19.1. The number of benzene rings is 2. The standard InChI is InChI=1S/C23H27ClN4O4/c1-4-32-17-9-10-18(19(24)11-17)22(30)28-13-15(2)27(23(31)26-12-21(29)25-3)14-16-7-5-6-8-20(16)28/h5-11,15H,4,12-14H2,1-3H3,(H,25,29)(H,26,31)/t15-/m1/s1. The number of amides is 4. The molecule has 0 spiro atoms.